The molecule has 3 amide bonds. The predicted molar refractivity (Wildman–Crippen MR) is 220 cm³/mol. The van der Waals surface area contributed by atoms with Crippen molar-refractivity contribution in [3.8, 4) is 0 Å². The number of nitrogens with one attached hydrogen (secondary N) is 2. The Morgan fingerprint density at radius 2 is 1.66 bits per heavy atom. The van der Waals surface area contributed by atoms with E-state index in [4.69, 9.17) is 9.90 Å². The average molecular weight is 767 g/mol. The molecule has 11 nitrogen and oxygen atoms in total. The first-order chi connectivity index (χ1) is 25.5. The number of aliphatic hydroxyl groups excluding tert-OH is 1. The second kappa shape index (κ2) is 34.7. The first-order valence-corrected chi connectivity index (χ1v) is 20.5. The molecule has 3 aliphatic rings. The van der Waals surface area contributed by atoms with E-state index in [9.17, 15) is 19.5 Å². The van der Waals surface area contributed by atoms with Gasteiger partial charge in [0.25, 0.3) is 6.47 Å². The number of ether oxygens (including phenoxy) is 1. The fourth-order valence-corrected chi connectivity index (χ4v) is 5.58. The van der Waals surface area contributed by atoms with Crippen molar-refractivity contribution in [2.45, 2.75) is 143 Å². The number of carboxylic acid groups (broad SMARTS) is 1. The first kappa shape index (κ1) is 52.0. The summed E-state index contributed by atoms with van der Waals surface area (Å²) >= 11 is 1.52. The van der Waals surface area contributed by atoms with Crippen LogP contribution in [0.15, 0.2) is 36.4 Å². The van der Waals surface area contributed by atoms with Gasteiger partial charge in [-0.3, -0.25) is 14.4 Å². The number of aliphatic hydroxyl groups is 1. The van der Waals surface area contributed by atoms with E-state index in [-0.39, 0.29) is 18.6 Å². The Bertz CT molecular complexity index is 1100. The summed E-state index contributed by atoms with van der Waals surface area (Å²) in [5.74, 6) is 1.79. The van der Waals surface area contributed by atoms with Gasteiger partial charge in [0.1, 0.15) is 0 Å². The molecule has 1 aromatic carbocycles. The van der Waals surface area contributed by atoms with Crippen molar-refractivity contribution in [1.82, 2.24) is 19.8 Å². The summed E-state index contributed by atoms with van der Waals surface area (Å²) < 4.78 is 6.41. The standard InChI is InChI=1S/C19H36N2O2.C10H11NO2.C4H7NOS.C4H10.C2H4O2.C2H6/c1-4-13-21(16(2)15-22)19(23)12-10-8-6-5-7-9-11-17-14-18(17)20-3;12-10(13)11-6-5-8-3-1-2-4-9(8)7-11;6-3-5-7-4-1-2-4;1-4(2)3;1-4-2-3;1-2/h9,11,16-18,20,22H,4-8,10,12-15H2,1-3H3;1-4H,5-7H2,(H,12,13);3-4H,1-2H2,(H,5,6);4H,1-3H3;2H,1H3;1-2H3/b11-9-;;;;;/t16?,17-,18?;;;;;/m1...../s1. The molecule has 0 aromatic heterocycles. The Kier molecular flexibility index (Phi) is 34.0. The van der Waals surface area contributed by atoms with Crippen molar-refractivity contribution >= 4 is 36.8 Å². The number of fused-ring (bicyclic) bond motifs is 1. The van der Waals surface area contributed by atoms with Crippen molar-refractivity contribution in [3.63, 3.8) is 0 Å². The van der Waals surface area contributed by atoms with Gasteiger partial charge in [-0.1, -0.05) is 90.8 Å². The highest BCUT2D eigenvalue weighted by atomic mass is 32.2. The third-order valence-electron chi connectivity index (χ3n) is 7.99. The van der Waals surface area contributed by atoms with Crippen LogP contribution in [-0.2, 0) is 32.1 Å². The molecule has 2 fully saturated rings. The van der Waals surface area contributed by atoms with Gasteiger partial charge < -0.3 is 34.8 Å². The van der Waals surface area contributed by atoms with Crippen LogP contribution >= 0.6 is 11.9 Å². The number of allylic oxidation sites excluding steroid dienone is 1. The molecule has 4 N–H and O–H groups in total. The second-order valence-corrected chi connectivity index (χ2v) is 14.8. The topological polar surface area (TPSA) is 149 Å². The summed E-state index contributed by atoms with van der Waals surface area (Å²) in [6.45, 7) is 16.8. The van der Waals surface area contributed by atoms with Gasteiger partial charge in [-0.2, -0.15) is 0 Å². The molecule has 0 spiro atoms. The van der Waals surface area contributed by atoms with Crippen LogP contribution < -0.4 is 10.0 Å². The maximum atomic E-state index is 12.2. The van der Waals surface area contributed by atoms with E-state index in [1.807, 2.05) is 50.9 Å². The number of methoxy groups -OCH3 is 1. The number of hydrogen-bond acceptors (Lipinski definition) is 8. The Labute approximate surface area is 326 Å². The summed E-state index contributed by atoms with van der Waals surface area (Å²) in [5.41, 5.74) is 2.41. The molecular weight excluding hydrogens is 693 g/mol. The van der Waals surface area contributed by atoms with Crippen LogP contribution in [0.5, 0.6) is 0 Å². The third kappa shape index (κ3) is 29.0. The lowest BCUT2D eigenvalue weighted by molar-refractivity contribution is -0.134. The van der Waals surface area contributed by atoms with Crippen LogP contribution in [-0.4, -0.2) is 96.1 Å². The van der Waals surface area contributed by atoms with E-state index in [2.05, 4.69) is 60.7 Å². The van der Waals surface area contributed by atoms with E-state index in [0.717, 1.165) is 67.7 Å². The minimum absolute atomic E-state index is 0.0491. The van der Waals surface area contributed by atoms with E-state index in [1.165, 1.54) is 61.6 Å². The molecule has 2 saturated carbocycles. The number of nitrogens with zero attached hydrogens (tertiary/aromatic N) is 2. The fourth-order valence-electron chi connectivity index (χ4n) is 4.97. The van der Waals surface area contributed by atoms with E-state index in [1.54, 1.807) is 0 Å². The number of hydrogen-bond donors (Lipinski definition) is 4. The molecule has 2 unspecified atom stereocenters. The molecule has 1 aromatic rings. The number of carbonyl (C=O) groups is 4. The average Bonchev–Trinajstić information content (AvgIpc) is 4.11. The molecule has 1 aliphatic heterocycles. The lowest BCUT2D eigenvalue weighted by Crippen LogP contribution is -2.41. The molecular formula is C41H74N4O7S. The summed E-state index contributed by atoms with van der Waals surface area (Å²) in [6.07, 6.45) is 16.4. The highest BCUT2D eigenvalue weighted by Crippen LogP contribution is 2.31. The zero-order valence-electron chi connectivity index (χ0n) is 34.4. The van der Waals surface area contributed by atoms with Gasteiger partial charge in [-0.05, 0) is 100 Å². The highest BCUT2D eigenvalue weighted by molar-refractivity contribution is 7.98. The highest BCUT2D eigenvalue weighted by Gasteiger charge is 2.32. The van der Waals surface area contributed by atoms with Crippen molar-refractivity contribution in [3.05, 3.63) is 47.5 Å². The lowest BCUT2D eigenvalue weighted by Gasteiger charge is -2.27. The minimum atomic E-state index is -0.825. The maximum Gasteiger partial charge on any atom is 0.407 e. The Balaban J connectivity index is 0. The zero-order chi connectivity index (χ0) is 40.4. The van der Waals surface area contributed by atoms with Gasteiger partial charge in [-0.15, -0.1) is 0 Å². The summed E-state index contributed by atoms with van der Waals surface area (Å²) in [7, 11) is 3.34. The minimum Gasteiger partial charge on any atom is -0.471 e. The number of rotatable bonds is 17. The van der Waals surface area contributed by atoms with Gasteiger partial charge >= 0.3 is 6.09 Å². The van der Waals surface area contributed by atoms with Crippen LogP contribution in [0, 0.1) is 11.8 Å². The SMILES string of the molecule is CC.CC(C)C.CCCN(C(=O)CCCCCC/C=C\[C@@H]1CC1NC)C(C)CO.COC=O.O=C(O)N1CCc2ccccc2C1.O=CNSC1CC1. The molecule has 2 aliphatic carbocycles. The molecule has 53 heavy (non-hydrogen) atoms. The molecule has 3 atom stereocenters. The molecule has 1 heterocycles. The monoisotopic (exact) mass is 767 g/mol. The molecule has 306 valence electrons. The third-order valence-corrected chi connectivity index (χ3v) is 9.03. The van der Waals surface area contributed by atoms with Crippen LogP contribution in [0.3, 0.4) is 0 Å². The van der Waals surface area contributed by atoms with Crippen molar-refractivity contribution in [2.24, 2.45) is 11.8 Å². The van der Waals surface area contributed by atoms with E-state index >= 15 is 0 Å². The Morgan fingerprint density at radius 1 is 1.06 bits per heavy atom. The normalized spacial score (nSPS) is 16.8. The largest absolute Gasteiger partial charge is 0.471 e. The molecule has 0 saturated heterocycles. The lowest BCUT2D eigenvalue weighted by atomic mass is 10.0. The molecule has 4 rings (SSSR count). The number of unbranched alkanes of at least 4 members (excludes halogenated alkanes) is 4. The second-order valence-electron chi connectivity index (χ2n) is 13.6. The Morgan fingerprint density at radius 3 is 2.15 bits per heavy atom. The van der Waals surface area contributed by atoms with Gasteiger partial charge in [0.15, 0.2) is 0 Å². The van der Waals surface area contributed by atoms with E-state index < -0.39 is 6.09 Å². The van der Waals surface area contributed by atoms with Crippen LogP contribution in [0.4, 0.5) is 4.79 Å². The predicted octanol–water partition coefficient (Wildman–Crippen LogP) is 7.85. The number of carbonyl (C=O) groups excluding carboxylic acids is 3. The van der Waals surface area contributed by atoms with Crippen molar-refractivity contribution < 1.29 is 34.1 Å². The summed E-state index contributed by atoms with van der Waals surface area (Å²) in [5, 5.41) is 22.1. The number of amides is 3. The summed E-state index contributed by atoms with van der Waals surface area (Å²) in [6, 6.07) is 8.65. The van der Waals surface area contributed by atoms with Gasteiger partial charge in [0.05, 0.1) is 19.8 Å². The molecule has 12 heteroatoms. The number of benzene rings is 1. The van der Waals surface area contributed by atoms with Gasteiger partial charge in [-0.25, -0.2) is 4.79 Å². The fraction of sp³-hybridized carbons (Fsp3) is 0.707. The molecule has 0 bridgehead atoms. The van der Waals surface area contributed by atoms with Crippen molar-refractivity contribution in [1.29, 1.82) is 0 Å². The quantitative estimate of drug-likeness (QED) is 0.0539. The van der Waals surface area contributed by atoms with Gasteiger partial charge in [0, 0.05) is 37.3 Å². The maximum absolute atomic E-state index is 12.2. The zero-order valence-corrected chi connectivity index (χ0v) is 35.2. The summed E-state index contributed by atoms with van der Waals surface area (Å²) in [4.78, 5) is 44.7. The Hall–Kier alpha value is -3.09. The van der Waals surface area contributed by atoms with Crippen LogP contribution in [0.25, 0.3) is 0 Å². The van der Waals surface area contributed by atoms with Crippen LogP contribution in [0.1, 0.15) is 124 Å². The smallest absolute Gasteiger partial charge is 0.407 e. The van der Waals surface area contributed by atoms with Crippen LogP contribution in [0.2, 0.25) is 0 Å². The van der Waals surface area contributed by atoms with E-state index in [0.29, 0.717) is 32.0 Å². The first-order valence-electron chi connectivity index (χ1n) is 19.6. The molecule has 0 radical (unpaired) electrons. The van der Waals surface area contributed by atoms with Crippen molar-refractivity contribution in [2.75, 3.05) is 33.9 Å². The van der Waals surface area contributed by atoms with Gasteiger partial charge in [0.2, 0.25) is 12.3 Å².